The van der Waals surface area contributed by atoms with Gasteiger partial charge in [0.1, 0.15) is 13.2 Å². The average Bonchev–Trinajstić information content (AvgIpc) is 3.46. The first-order valence-corrected chi connectivity index (χ1v) is 34.9. The smallest absolute Gasteiger partial charge is 0.306 e. The SMILES string of the molecule is CC/C=C\C/C=C\C/C=C\C/C=C\C/C=C\CCCCCCCCCCCCCCCCCCCC(=O)OCC(COC(=O)CCCCCCCCCCCCC)OC(=O)CCCCCCCCC/C=C\CCCCCCCCC. The van der Waals surface area contributed by atoms with E-state index in [4.69, 9.17) is 14.2 Å². The maximum atomic E-state index is 12.9. The molecule has 0 aromatic heterocycles. The van der Waals surface area contributed by atoms with Gasteiger partial charge < -0.3 is 14.2 Å². The van der Waals surface area contributed by atoms with Gasteiger partial charge in [-0.1, -0.05) is 325 Å². The lowest BCUT2D eigenvalue weighted by atomic mass is 10.0. The number of rotatable bonds is 64. The number of esters is 3. The molecule has 0 radical (unpaired) electrons. The van der Waals surface area contributed by atoms with E-state index in [1.54, 1.807) is 0 Å². The summed E-state index contributed by atoms with van der Waals surface area (Å²) in [6.45, 7) is 6.56. The van der Waals surface area contributed by atoms with Crippen LogP contribution in [0, 0.1) is 0 Å². The van der Waals surface area contributed by atoms with Gasteiger partial charge in [-0.15, -0.1) is 0 Å². The minimum atomic E-state index is -0.774. The van der Waals surface area contributed by atoms with Crippen LogP contribution in [0.2, 0.25) is 0 Å². The Kier molecular flexibility index (Phi) is 65.7. The normalized spacial score (nSPS) is 12.5. The van der Waals surface area contributed by atoms with E-state index in [2.05, 4.69) is 93.7 Å². The second-order valence-electron chi connectivity index (χ2n) is 23.4. The molecular formula is C74H132O6. The predicted molar refractivity (Wildman–Crippen MR) is 348 cm³/mol. The van der Waals surface area contributed by atoms with Crippen LogP contribution in [0.1, 0.15) is 361 Å². The fraction of sp³-hybridized carbons (Fsp3) is 0.797. The van der Waals surface area contributed by atoms with Crippen LogP contribution < -0.4 is 0 Å². The van der Waals surface area contributed by atoms with Crippen molar-refractivity contribution < 1.29 is 28.6 Å². The summed E-state index contributed by atoms with van der Waals surface area (Å²) in [4.78, 5) is 38.3. The maximum absolute atomic E-state index is 12.9. The van der Waals surface area contributed by atoms with Gasteiger partial charge >= 0.3 is 17.9 Å². The first-order valence-electron chi connectivity index (χ1n) is 34.9. The van der Waals surface area contributed by atoms with Gasteiger partial charge in [0.15, 0.2) is 6.10 Å². The third-order valence-electron chi connectivity index (χ3n) is 15.4. The Labute approximate surface area is 497 Å². The summed E-state index contributed by atoms with van der Waals surface area (Å²) in [5, 5.41) is 0. The largest absolute Gasteiger partial charge is 0.462 e. The van der Waals surface area contributed by atoms with E-state index in [-0.39, 0.29) is 31.1 Å². The molecule has 0 aliphatic rings. The highest BCUT2D eigenvalue weighted by Gasteiger charge is 2.19. The summed E-state index contributed by atoms with van der Waals surface area (Å²) in [6.07, 6.45) is 89.4. The third kappa shape index (κ3) is 65.7. The highest BCUT2D eigenvalue weighted by Crippen LogP contribution is 2.18. The van der Waals surface area contributed by atoms with E-state index in [0.29, 0.717) is 19.3 Å². The summed E-state index contributed by atoms with van der Waals surface area (Å²) in [5.74, 6) is -0.855. The first-order chi connectivity index (χ1) is 39.5. The molecule has 1 unspecified atom stereocenters. The van der Waals surface area contributed by atoms with E-state index in [1.165, 1.54) is 231 Å². The van der Waals surface area contributed by atoms with Crippen LogP contribution in [-0.4, -0.2) is 37.2 Å². The van der Waals surface area contributed by atoms with E-state index in [9.17, 15) is 14.4 Å². The Morgan fingerprint density at radius 3 is 0.775 bits per heavy atom. The molecule has 1 atom stereocenters. The molecule has 6 nitrogen and oxygen atoms in total. The van der Waals surface area contributed by atoms with Crippen molar-refractivity contribution >= 4 is 17.9 Å². The van der Waals surface area contributed by atoms with Crippen molar-refractivity contribution in [3.63, 3.8) is 0 Å². The van der Waals surface area contributed by atoms with Crippen molar-refractivity contribution in [2.45, 2.75) is 367 Å². The summed E-state index contributed by atoms with van der Waals surface area (Å²) >= 11 is 0. The number of carbonyl (C=O) groups excluding carboxylic acids is 3. The number of ether oxygens (including phenoxy) is 3. The van der Waals surface area contributed by atoms with Gasteiger partial charge in [-0.2, -0.15) is 0 Å². The minimum Gasteiger partial charge on any atom is -0.462 e. The maximum Gasteiger partial charge on any atom is 0.306 e. The molecule has 0 spiro atoms. The van der Waals surface area contributed by atoms with E-state index in [0.717, 1.165) is 89.9 Å². The summed E-state index contributed by atoms with van der Waals surface area (Å²) in [5.41, 5.74) is 0. The highest BCUT2D eigenvalue weighted by molar-refractivity contribution is 5.71. The number of hydrogen-bond acceptors (Lipinski definition) is 6. The van der Waals surface area contributed by atoms with Crippen molar-refractivity contribution in [3.05, 3.63) is 72.9 Å². The van der Waals surface area contributed by atoms with Gasteiger partial charge in [0, 0.05) is 19.3 Å². The number of hydrogen-bond donors (Lipinski definition) is 0. The standard InChI is InChI=1S/C74H132O6/c1-4-7-10-13-16-19-22-24-26-28-30-31-32-33-34-35-36-37-38-39-40-41-42-43-44-46-47-49-52-55-58-61-64-67-73(76)79-70-71(69-78-72(75)66-63-60-57-54-51-21-18-15-12-9-6-3)80-74(77)68-65-62-59-56-53-50-48-45-29-27-25-23-20-17-14-11-8-5-2/h7,10,16,19,24,26-27,29-31,33-34,71H,4-6,8-9,11-15,17-18,20-23,25,28,32,35-70H2,1-3H3/b10-7-,19-16-,26-24-,29-27-,31-30-,34-33-. The van der Waals surface area contributed by atoms with Crippen molar-refractivity contribution in [3.8, 4) is 0 Å². The van der Waals surface area contributed by atoms with Crippen LogP contribution in [0.15, 0.2) is 72.9 Å². The molecule has 0 heterocycles. The van der Waals surface area contributed by atoms with Crippen LogP contribution in [0.5, 0.6) is 0 Å². The number of carbonyl (C=O) groups is 3. The van der Waals surface area contributed by atoms with E-state index >= 15 is 0 Å². The van der Waals surface area contributed by atoms with Crippen LogP contribution in [-0.2, 0) is 28.6 Å². The highest BCUT2D eigenvalue weighted by atomic mass is 16.6. The molecule has 0 aliphatic carbocycles. The molecule has 464 valence electrons. The van der Waals surface area contributed by atoms with Gasteiger partial charge in [-0.05, 0) is 89.9 Å². The Balaban J connectivity index is 4.12. The zero-order chi connectivity index (χ0) is 57.8. The molecule has 0 aromatic carbocycles. The lowest BCUT2D eigenvalue weighted by molar-refractivity contribution is -0.167. The Morgan fingerprint density at radius 2 is 0.487 bits per heavy atom. The minimum absolute atomic E-state index is 0.0709. The number of unbranched alkanes of at least 4 members (excludes halogenated alkanes) is 41. The van der Waals surface area contributed by atoms with Crippen molar-refractivity contribution in [1.29, 1.82) is 0 Å². The Bertz CT molecular complexity index is 1470. The van der Waals surface area contributed by atoms with Crippen LogP contribution in [0.3, 0.4) is 0 Å². The summed E-state index contributed by atoms with van der Waals surface area (Å²) in [6, 6.07) is 0. The Morgan fingerprint density at radius 1 is 0.263 bits per heavy atom. The quantitative estimate of drug-likeness (QED) is 0.0261. The molecule has 0 amide bonds. The molecule has 0 rings (SSSR count). The average molecular weight is 1120 g/mol. The topological polar surface area (TPSA) is 78.9 Å². The fourth-order valence-corrected chi connectivity index (χ4v) is 10.2. The first kappa shape index (κ1) is 76.9. The molecule has 0 saturated carbocycles. The zero-order valence-corrected chi connectivity index (χ0v) is 53.3. The van der Waals surface area contributed by atoms with Crippen molar-refractivity contribution in [2.75, 3.05) is 13.2 Å². The molecule has 0 bridgehead atoms. The van der Waals surface area contributed by atoms with Gasteiger partial charge in [0.25, 0.3) is 0 Å². The molecular weight excluding hydrogens is 985 g/mol. The van der Waals surface area contributed by atoms with Crippen LogP contribution in [0.4, 0.5) is 0 Å². The molecule has 0 aromatic rings. The van der Waals surface area contributed by atoms with Gasteiger partial charge in [-0.25, -0.2) is 0 Å². The third-order valence-corrected chi connectivity index (χ3v) is 15.4. The monoisotopic (exact) mass is 1120 g/mol. The van der Waals surface area contributed by atoms with E-state index < -0.39 is 6.10 Å². The van der Waals surface area contributed by atoms with Gasteiger partial charge in [-0.3, -0.25) is 14.4 Å². The molecule has 0 N–H and O–H groups in total. The molecule has 80 heavy (non-hydrogen) atoms. The molecule has 0 fully saturated rings. The fourth-order valence-electron chi connectivity index (χ4n) is 10.2. The zero-order valence-electron chi connectivity index (χ0n) is 53.3. The Hall–Kier alpha value is -3.15. The van der Waals surface area contributed by atoms with E-state index in [1.807, 2.05) is 0 Å². The lowest BCUT2D eigenvalue weighted by Crippen LogP contribution is -2.30. The van der Waals surface area contributed by atoms with Gasteiger partial charge in [0.2, 0.25) is 0 Å². The van der Waals surface area contributed by atoms with Gasteiger partial charge in [0.05, 0.1) is 0 Å². The molecule has 6 heteroatoms. The summed E-state index contributed by atoms with van der Waals surface area (Å²) < 4.78 is 16.9. The second kappa shape index (κ2) is 68.3. The lowest BCUT2D eigenvalue weighted by Gasteiger charge is -2.18. The van der Waals surface area contributed by atoms with Crippen LogP contribution in [0.25, 0.3) is 0 Å². The van der Waals surface area contributed by atoms with Crippen molar-refractivity contribution in [2.24, 2.45) is 0 Å². The molecule has 0 aliphatic heterocycles. The number of allylic oxidation sites excluding steroid dienone is 12. The second-order valence-corrected chi connectivity index (χ2v) is 23.4. The van der Waals surface area contributed by atoms with Crippen LogP contribution >= 0.6 is 0 Å². The predicted octanol–water partition coefficient (Wildman–Crippen LogP) is 24.1. The molecule has 0 saturated heterocycles. The summed E-state index contributed by atoms with van der Waals surface area (Å²) in [7, 11) is 0. The van der Waals surface area contributed by atoms with Crippen molar-refractivity contribution in [1.82, 2.24) is 0 Å².